The van der Waals surface area contributed by atoms with Gasteiger partial charge >= 0.3 is 0 Å². The SMILES string of the molecule is CC.CC/C=C(\C)[C@H]1CC[C@H]2C3CCC4=CC(=O)CCC4(C)C3CCCC12C. The molecule has 0 aromatic carbocycles. The zero-order valence-electron chi connectivity index (χ0n) is 19.4. The molecule has 4 aliphatic carbocycles. The molecule has 4 unspecified atom stereocenters. The number of hydrogen-bond donors (Lipinski definition) is 0. The topological polar surface area (TPSA) is 17.1 Å². The molecule has 0 aromatic heterocycles. The van der Waals surface area contributed by atoms with E-state index in [9.17, 15) is 4.79 Å². The fourth-order valence-electron chi connectivity index (χ4n) is 8.01. The van der Waals surface area contributed by atoms with E-state index >= 15 is 0 Å². The molecule has 158 valence electrons. The third-order valence-electron chi connectivity index (χ3n) is 9.27. The van der Waals surface area contributed by atoms with Crippen molar-refractivity contribution in [2.24, 2.45) is 34.5 Å². The lowest BCUT2D eigenvalue weighted by atomic mass is 9.52. The van der Waals surface area contributed by atoms with E-state index < -0.39 is 0 Å². The average molecular weight is 385 g/mol. The van der Waals surface area contributed by atoms with Gasteiger partial charge in [-0.1, -0.05) is 58.3 Å². The second-order valence-corrected chi connectivity index (χ2v) is 10.4. The van der Waals surface area contributed by atoms with Gasteiger partial charge in [0, 0.05) is 6.42 Å². The summed E-state index contributed by atoms with van der Waals surface area (Å²) in [4.78, 5) is 12.0. The molecule has 3 saturated carbocycles. The Morgan fingerprint density at radius 1 is 1.07 bits per heavy atom. The molecular formula is C27H44O. The summed E-state index contributed by atoms with van der Waals surface area (Å²) in [5, 5.41) is 0. The Balaban J connectivity index is 0.00000109. The predicted molar refractivity (Wildman–Crippen MR) is 120 cm³/mol. The van der Waals surface area contributed by atoms with Crippen LogP contribution in [0.1, 0.15) is 106 Å². The average Bonchev–Trinajstić information content (AvgIpc) is 2.94. The molecule has 3 fully saturated rings. The van der Waals surface area contributed by atoms with Crippen molar-refractivity contribution in [2.75, 3.05) is 0 Å². The van der Waals surface area contributed by atoms with Crippen molar-refractivity contribution < 1.29 is 4.79 Å². The Morgan fingerprint density at radius 3 is 2.54 bits per heavy atom. The summed E-state index contributed by atoms with van der Waals surface area (Å²) in [5.41, 5.74) is 4.00. The van der Waals surface area contributed by atoms with Gasteiger partial charge in [-0.25, -0.2) is 0 Å². The quantitative estimate of drug-likeness (QED) is 0.442. The van der Waals surface area contributed by atoms with Crippen molar-refractivity contribution in [2.45, 2.75) is 106 Å². The van der Waals surface area contributed by atoms with Crippen molar-refractivity contribution in [3.8, 4) is 0 Å². The number of rotatable bonds is 2. The summed E-state index contributed by atoms with van der Waals surface area (Å²) in [5.74, 6) is 3.80. The second kappa shape index (κ2) is 8.49. The van der Waals surface area contributed by atoms with Crippen LogP contribution in [0.4, 0.5) is 0 Å². The number of carbonyl (C=O) groups is 1. The van der Waals surface area contributed by atoms with Gasteiger partial charge in [-0.2, -0.15) is 0 Å². The number of ketones is 1. The first-order chi connectivity index (χ1) is 13.4. The molecule has 0 heterocycles. The van der Waals surface area contributed by atoms with Crippen LogP contribution in [0.25, 0.3) is 0 Å². The van der Waals surface area contributed by atoms with Crippen LogP contribution in [0.3, 0.4) is 0 Å². The van der Waals surface area contributed by atoms with E-state index in [-0.39, 0.29) is 0 Å². The molecule has 0 saturated heterocycles. The fraction of sp³-hybridized carbons (Fsp3) is 0.815. The molecule has 0 radical (unpaired) electrons. The highest BCUT2D eigenvalue weighted by Gasteiger charge is 2.57. The third-order valence-corrected chi connectivity index (χ3v) is 9.27. The molecule has 4 aliphatic rings. The Bertz CT molecular complexity index is 641. The maximum absolute atomic E-state index is 12.0. The van der Waals surface area contributed by atoms with Crippen molar-refractivity contribution in [1.29, 1.82) is 0 Å². The van der Waals surface area contributed by atoms with E-state index in [0.29, 0.717) is 16.6 Å². The first-order valence-corrected chi connectivity index (χ1v) is 12.3. The molecule has 0 spiro atoms. The highest BCUT2D eigenvalue weighted by Crippen LogP contribution is 2.65. The van der Waals surface area contributed by atoms with Gasteiger partial charge in [-0.3, -0.25) is 4.79 Å². The summed E-state index contributed by atoms with van der Waals surface area (Å²) >= 11 is 0. The van der Waals surface area contributed by atoms with Crippen LogP contribution < -0.4 is 0 Å². The Hall–Kier alpha value is -0.850. The minimum atomic E-state index is 0.314. The van der Waals surface area contributed by atoms with Crippen LogP contribution in [-0.4, -0.2) is 5.78 Å². The lowest BCUT2D eigenvalue weighted by molar-refractivity contribution is -0.116. The van der Waals surface area contributed by atoms with Gasteiger partial charge < -0.3 is 0 Å². The normalized spacial score (nSPS) is 43.0. The summed E-state index contributed by atoms with van der Waals surface area (Å²) in [7, 11) is 0. The zero-order valence-corrected chi connectivity index (χ0v) is 19.4. The largest absolute Gasteiger partial charge is 0.295 e. The van der Waals surface area contributed by atoms with E-state index in [1.54, 1.807) is 5.57 Å². The van der Waals surface area contributed by atoms with Gasteiger partial charge in [0.05, 0.1) is 0 Å². The summed E-state index contributed by atoms with van der Waals surface area (Å²) < 4.78 is 0. The van der Waals surface area contributed by atoms with Gasteiger partial charge in [-0.15, -0.1) is 0 Å². The monoisotopic (exact) mass is 384 g/mol. The molecule has 1 heteroatoms. The van der Waals surface area contributed by atoms with E-state index in [0.717, 1.165) is 36.5 Å². The number of fused-ring (bicyclic) bond motifs is 5. The lowest BCUT2D eigenvalue weighted by Gasteiger charge is -2.52. The minimum Gasteiger partial charge on any atom is -0.295 e. The zero-order chi connectivity index (χ0) is 20.5. The Labute approximate surface area is 174 Å². The van der Waals surface area contributed by atoms with Gasteiger partial charge in [0.1, 0.15) is 0 Å². The molecule has 4 rings (SSSR count). The van der Waals surface area contributed by atoms with Gasteiger partial charge in [0.2, 0.25) is 0 Å². The van der Waals surface area contributed by atoms with Crippen LogP contribution in [0, 0.1) is 34.5 Å². The second-order valence-electron chi connectivity index (χ2n) is 10.4. The van der Waals surface area contributed by atoms with E-state index in [4.69, 9.17) is 0 Å². The summed E-state index contributed by atoms with van der Waals surface area (Å²) in [6.07, 6.45) is 17.2. The van der Waals surface area contributed by atoms with Crippen molar-refractivity contribution in [3.63, 3.8) is 0 Å². The number of allylic oxidation sites excluding steroid dienone is 4. The number of carbonyl (C=O) groups excluding carboxylic acids is 1. The fourth-order valence-corrected chi connectivity index (χ4v) is 8.01. The molecule has 0 aliphatic heterocycles. The van der Waals surface area contributed by atoms with Crippen LogP contribution in [-0.2, 0) is 4.79 Å². The smallest absolute Gasteiger partial charge is 0.155 e. The highest BCUT2D eigenvalue weighted by atomic mass is 16.1. The maximum atomic E-state index is 12.0. The van der Waals surface area contributed by atoms with Crippen LogP contribution in [0.2, 0.25) is 0 Å². The van der Waals surface area contributed by atoms with E-state index in [1.165, 1.54) is 56.9 Å². The number of hydrogen-bond acceptors (Lipinski definition) is 1. The molecule has 0 amide bonds. The molecule has 6 atom stereocenters. The Morgan fingerprint density at radius 2 is 1.82 bits per heavy atom. The van der Waals surface area contributed by atoms with Crippen molar-refractivity contribution in [1.82, 2.24) is 0 Å². The third kappa shape index (κ3) is 3.46. The molecule has 0 bridgehead atoms. The first-order valence-electron chi connectivity index (χ1n) is 12.3. The molecule has 0 aromatic rings. The van der Waals surface area contributed by atoms with Crippen LogP contribution >= 0.6 is 0 Å². The van der Waals surface area contributed by atoms with Gasteiger partial charge in [-0.05, 0) is 98.9 Å². The highest BCUT2D eigenvalue weighted by molar-refractivity contribution is 5.91. The predicted octanol–water partition coefficient (Wildman–Crippen LogP) is 7.91. The van der Waals surface area contributed by atoms with E-state index in [1.807, 2.05) is 13.8 Å². The maximum Gasteiger partial charge on any atom is 0.155 e. The van der Waals surface area contributed by atoms with Crippen molar-refractivity contribution in [3.05, 3.63) is 23.3 Å². The van der Waals surface area contributed by atoms with Crippen molar-refractivity contribution >= 4 is 5.78 Å². The van der Waals surface area contributed by atoms with Crippen LogP contribution in [0.5, 0.6) is 0 Å². The van der Waals surface area contributed by atoms with Gasteiger partial charge in [0.25, 0.3) is 0 Å². The standard InChI is InChI=1S/C25H38O.C2H6/c1-5-7-17(2)21-11-12-23-20-10-9-18-16-19(26)13-15-24(18,3)22(20)8-6-14-25(21,23)4;1-2/h7,16,20-23H,5-6,8-15H2,1-4H3;1-2H3/b17-7+;/t20?,21-,22?,23+,24?,25?;/m1./s1. The minimum absolute atomic E-state index is 0.314. The lowest BCUT2D eigenvalue weighted by Crippen LogP contribution is -2.45. The van der Waals surface area contributed by atoms with E-state index in [2.05, 4.69) is 39.8 Å². The van der Waals surface area contributed by atoms with Gasteiger partial charge in [0.15, 0.2) is 5.78 Å². The molecule has 1 nitrogen and oxygen atoms in total. The summed E-state index contributed by atoms with van der Waals surface area (Å²) in [6, 6.07) is 0. The van der Waals surface area contributed by atoms with Crippen LogP contribution in [0.15, 0.2) is 23.3 Å². The molecule has 0 N–H and O–H groups in total. The first kappa shape index (κ1) is 21.8. The molecular weight excluding hydrogens is 340 g/mol. The molecule has 28 heavy (non-hydrogen) atoms. The summed E-state index contributed by atoms with van der Waals surface area (Å²) in [6.45, 7) is 13.8. The Kier molecular flexibility index (Phi) is 6.62.